The molecule has 56 valence electrons. The van der Waals surface area contributed by atoms with E-state index in [0.717, 1.165) is 6.54 Å². The van der Waals surface area contributed by atoms with Crippen LogP contribution < -0.4 is 10.6 Å². The van der Waals surface area contributed by atoms with E-state index in [-0.39, 0.29) is 0 Å². The van der Waals surface area contributed by atoms with Crippen LogP contribution in [0.1, 0.15) is 0 Å². The van der Waals surface area contributed by atoms with Crippen molar-refractivity contribution in [3.8, 4) is 0 Å². The molecule has 0 spiro atoms. The molecule has 2 nitrogen and oxygen atoms in total. The van der Waals surface area contributed by atoms with Gasteiger partial charge in [-0.1, -0.05) is 12.2 Å². The molecule has 2 unspecified atom stereocenters. The highest BCUT2D eigenvalue weighted by atomic mass is 32.2. The van der Waals surface area contributed by atoms with E-state index < -0.39 is 0 Å². The predicted octanol–water partition coefficient (Wildman–Crippen LogP) is 0.177. The summed E-state index contributed by atoms with van der Waals surface area (Å²) in [7, 11) is 0. The molecule has 0 saturated carbocycles. The zero-order chi connectivity index (χ0) is 6.81. The van der Waals surface area contributed by atoms with Crippen LogP contribution in [-0.2, 0) is 0 Å². The summed E-state index contributed by atoms with van der Waals surface area (Å²) < 4.78 is 0. The Morgan fingerprint density at radius 1 is 1.40 bits per heavy atom. The van der Waals surface area contributed by atoms with Crippen LogP contribution in [0.15, 0.2) is 12.2 Å². The molecule has 3 heteroatoms. The van der Waals surface area contributed by atoms with E-state index in [1.807, 2.05) is 11.8 Å². The molecule has 0 aliphatic carbocycles. The first-order chi connectivity index (χ1) is 4.97. The molecule has 1 fully saturated rings. The van der Waals surface area contributed by atoms with E-state index in [1.54, 1.807) is 0 Å². The van der Waals surface area contributed by atoms with Gasteiger partial charge in [-0.25, -0.2) is 0 Å². The molecule has 0 radical (unpaired) electrons. The summed E-state index contributed by atoms with van der Waals surface area (Å²) >= 11 is 2.01. The first-order valence-electron chi connectivity index (χ1n) is 3.72. The smallest absolute Gasteiger partial charge is 0.0724 e. The molecule has 0 bridgehead atoms. The van der Waals surface area contributed by atoms with Gasteiger partial charge in [0, 0.05) is 18.8 Å². The first-order valence-corrected chi connectivity index (χ1v) is 4.77. The van der Waals surface area contributed by atoms with E-state index in [2.05, 4.69) is 22.8 Å². The van der Waals surface area contributed by atoms with E-state index in [1.165, 1.54) is 12.3 Å². The Kier molecular flexibility index (Phi) is 1.97. The van der Waals surface area contributed by atoms with E-state index in [0.29, 0.717) is 11.4 Å². The maximum absolute atomic E-state index is 3.45. The highest BCUT2D eigenvalue weighted by Crippen LogP contribution is 2.19. The molecule has 2 aliphatic rings. The van der Waals surface area contributed by atoms with Crippen LogP contribution in [0, 0.1) is 0 Å². The molecule has 2 aliphatic heterocycles. The second-order valence-electron chi connectivity index (χ2n) is 2.61. The van der Waals surface area contributed by atoms with Crippen LogP contribution in [0.4, 0.5) is 0 Å². The normalized spacial score (nSPS) is 39.2. The lowest BCUT2D eigenvalue weighted by atomic mass is 10.3. The van der Waals surface area contributed by atoms with Crippen molar-refractivity contribution in [2.75, 3.05) is 18.8 Å². The summed E-state index contributed by atoms with van der Waals surface area (Å²) in [4.78, 5) is 0. The molecule has 0 aromatic carbocycles. The van der Waals surface area contributed by atoms with Gasteiger partial charge in [0.1, 0.15) is 0 Å². The summed E-state index contributed by atoms with van der Waals surface area (Å²) in [5.41, 5.74) is 0. The van der Waals surface area contributed by atoms with Crippen molar-refractivity contribution in [2.45, 2.75) is 11.4 Å². The standard InChI is InChI=1S/C7H12N2S/c1-2-6(8-3-1)7-9-4-5-10-7/h1-2,6-9H,3-5H2. The van der Waals surface area contributed by atoms with Crippen LogP contribution in [0.25, 0.3) is 0 Å². The molecule has 2 atom stereocenters. The fourth-order valence-corrected chi connectivity index (χ4v) is 2.49. The minimum absolute atomic E-state index is 0.576. The Morgan fingerprint density at radius 3 is 3.00 bits per heavy atom. The van der Waals surface area contributed by atoms with Crippen molar-refractivity contribution >= 4 is 11.8 Å². The first kappa shape index (κ1) is 6.70. The zero-order valence-corrected chi connectivity index (χ0v) is 6.66. The van der Waals surface area contributed by atoms with Crippen LogP contribution in [0.5, 0.6) is 0 Å². The van der Waals surface area contributed by atoms with Crippen molar-refractivity contribution in [2.24, 2.45) is 0 Å². The lowest BCUT2D eigenvalue weighted by Crippen LogP contribution is -2.39. The Balaban J connectivity index is 1.91. The Hall–Kier alpha value is 0.01000. The van der Waals surface area contributed by atoms with Crippen molar-refractivity contribution in [3.63, 3.8) is 0 Å². The molecule has 10 heavy (non-hydrogen) atoms. The molecule has 0 amide bonds. The van der Waals surface area contributed by atoms with Gasteiger partial charge in [-0.05, 0) is 0 Å². The van der Waals surface area contributed by atoms with E-state index in [9.17, 15) is 0 Å². The summed E-state index contributed by atoms with van der Waals surface area (Å²) in [5.74, 6) is 1.26. The molecule has 2 rings (SSSR count). The topological polar surface area (TPSA) is 24.1 Å². The lowest BCUT2D eigenvalue weighted by Gasteiger charge is -2.16. The molecule has 2 heterocycles. The number of rotatable bonds is 1. The van der Waals surface area contributed by atoms with Crippen LogP contribution in [0.3, 0.4) is 0 Å². The Labute approximate surface area is 65.5 Å². The fourth-order valence-electron chi connectivity index (χ4n) is 1.37. The Bertz CT molecular complexity index is 141. The molecule has 0 aromatic heterocycles. The molecule has 0 aromatic rings. The van der Waals surface area contributed by atoms with Gasteiger partial charge < -0.3 is 10.6 Å². The van der Waals surface area contributed by atoms with Crippen molar-refractivity contribution in [1.29, 1.82) is 0 Å². The minimum Gasteiger partial charge on any atom is -0.305 e. The third kappa shape index (κ3) is 1.21. The maximum Gasteiger partial charge on any atom is 0.0724 e. The fraction of sp³-hybridized carbons (Fsp3) is 0.714. The van der Waals surface area contributed by atoms with Gasteiger partial charge in [-0.2, -0.15) is 0 Å². The summed E-state index contributed by atoms with van der Waals surface area (Å²) in [6, 6.07) is 0.576. The number of nitrogens with one attached hydrogen (secondary N) is 2. The zero-order valence-electron chi connectivity index (χ0n) is 5.84. The molecular weight excluding hydrogens is 144 g/mol. The van der Waals surface area contributed by atoms with E-state index in [4.69, 9.17) is 0 Å². The average molecular weight is 156 g/mol. The van der Waals surface area contributed by atoms with Gasteiger partial charge in [0.2, 0.25) is 0 Å². The summed E-state index contributed by atoms with van der Waals surface area (Å²) in [6.07, 6.45) is 4.46. The predicted molar refractivity (Wildman–Crippen MR) is 45.2 cm³/mol. The quantitative estimate of drug-likeness (QED) is 0.529. The lowest BCUT2D eigenvalue weighted by molar-refractivity contribution is 0.577. The third-order valence-corrected chi connectivity index (χ3v) is 3.14. The van der Waals surface area contributed by atoms with Gasteiger partial charge in [0.05, 0.1) is 11.4 Å². The third-order valence-electron chi connectivity index (χ3n) is 1.89. The monoisotopic (exact) mass is 156 g/mol. The number of thioether (sulfide) groups is 1. The molecule has 2 N–H and O–H groups in total. The second kappa shape index (κ2) is 2.95. The van der Waals surface area contributed by atoms with Gasteiger partial charge >= 0.3 is 0 Å². The van der Waals surface area contributed by atoms with Gasteiger partial charge in [0.25, 0.3) is 0 Å². The van der Waals surface area contributed by atoms with Gasteiger partial charge in [-0.3, -0.25) is 0 Å². The minimum atomic E-state index is 0.576. The van der Waals surface area contributed by atoms with Crippen LogP contribution in [0.2, 0.25) is 0 Å². The summed E-state index contributed by atoms with van der Waals surface area (Å²) in [6.45, 7) is 2.21. The van der Waals surface area contributed by atoms with Crippen LogP contribution in [-0.4, -0.2) is 30.3 Å². The Morgan fingerprint density at radius 2 is 2.40 bits per heavy atom. The van der Waals surface area contributed by atoms with Crippen molar-refractivity contribution < 1.29 is 0 Å². The number of hydrogen-bond acceptors (Lipinski definition) is 3. The van der Waals surface area contributed by atoms with E-state index >= 15 is 0 Å². The largest absolute Gasteiger partial charge is 0.305 e. The van der Waals surface area contributed by atoms with Crippen molar-refractivity contribution in [3.05, 3.63) is 12.2 Å². The number of hydrogen-bond donors (Lipinski definition) is 2. The maximum atomic E-state index is 3.45. The highest BCUT2D eigenvalue weighted by molar-refractivity contribution is 8.00. The molecular formula is C7H12N2S. The van der Waals surface area contributed by atoms with Crippen molar-refractivity contribution in [1.82, 2.24) is 10.6 Å². The SMILES string of the molecule is C1=CC(C2NCCS2)NC1. The average Bonchev–Trinajstić information content (AvgIpc) is 2.59. The van der Waals surface area contributed by atoms with Crippen LogP contribution >= 0.6 is 11.8 Å². The molecule has 1 saturated heterocycles. The van der Waals surface area contributed by atoms with Gasteiger partial charge in [0.15, 0.2) is 0 Å². The highest BCUT2D eigenvalue weighted by Gasteiger charge is 2.23. The van der Waals surface area contributed by atoms with Gasteiger partial charge in [-0.15, -0.1) is 11.8 Å². The summed E-state index contributed by atoms with van der Waals surface area (Å²) in [5, 5.41) is 7.48. The second-order valence-corrected chi connectivity index (χ2v) is 3.86.